The number of aromatic nitrogens is 3. The summed E-state index contributed by atoms with van der Waals surface area (Å²) >= 11 is 0. The number of rotatable bonds is 5. The lowest BCUT2D eigenvalue weighted by Crippen LogP contribution is -1.98. The molecule has 0 N–H and O–H groups in total. The summed E-state index contributed by atoms with van der Waals surface area (Å²) in [5.74, 6) is 3.29. The Hall–Kier alpha value is -4.06. The fourth-order valence-corrected chi connectivity index (χ4v) is 4.11. The van der Waals surface area contributed by atoms with Crippen LogP contribution in [0, 0.1) is 6.92 Å². The van der Waals surface area contributed by atoms with Crippen molar-refractivity contribution in [2.75, 3.05) is 21.3 Å². The zero-order valence-electron chi connectivity index (χ0n) is 18.4. The van der Waals surface area contributed by atoms with Gasteiger partial charge in [0.2, 0.25) is 0 Å². The molecule has 0 aliphatic heterocycles. The lowest BCUT2D eigenvalue weighted by atomic mass is 10.0. The Labute approximate surface area is 186 Å². The van der Waals surface area contributed by atoms with Crippen LogP contribution in [0.3, 0.4) is 0 Å². The Morgan fingerprint density at radius 2 is 1.41 bits per heavy atom. The highest BCUT2D eigenvalue weighted by Gasteiger charge is 2.17. The molecule has 0 fully saturated rings. The Bertz CT molecular complexity index is 1420. The number of imidazole rings is 1. The molecule has 32 heavy (non-hydrogen) atoms. The van der Waals surface area contributed by atoms with E-state index < -0.39 is 0 Å². The third-order valence-electron chi connectivity index (χ3n) is 5.70. The maximum absolute atomic E-state index is 5.79. The first-order valence-corrected chi connectivity index (χ1v) is 10.3. The van der Waals surface area contributed by atoms with Crippen LogP contribution in [0.15, 0.2) is 66.9 Å². The number of aryl methyl sites for hydroxylation is 1. The summed E-state index contributed by atoms with van der Waals surface area (Å²) in [6.07, 6.45) is 1.83. The van der Waals surface area contributed by atoms with Gasteiger partial charge < -0.3 is 14.2 Å². The van der Waals surface area contributed by atoms with Crippen LogP contribution in [0.2, 0.25) is 0 Å². The highest BCUT2D eigenvalue weighted by atomic mass is 16.5. The summed E-state index contributed by atoms with van der Waals surface area (Å²) in [4.78, 5) is 9.46. The molecule has 0 aliphatic rings. The first-order chi connectivity index (χ1) is 15.6. The van der Waals surface area contributed by atoms with E-state index in [0.29, 0.717) is 0 Å². The van der Waals surface area contributed by atoms with Crippen molar-refractivity contribution in [2.24, 2.45) is 0 Å². The number of methoxy groups -OCH3 is 3. The molecule has 0 atom stereocenters. The topological polar surface area (TPSA) is 58.4 Å². The van der Waals surface area contributed by atoms with Crippen LogP contribution < -0.4 is 14.2 Å². The van der Waals surface area contributed by atoms with Crippen LogP contribution in [0.5, 0.6) is 17.2 Å². The fourth-order valence-electron chi connectivity index (χ4n) is 4.11. The molecular formula is C26H23N3O3. The van der Waals surface area contributed by atoms with Gasteiger partial charge in [0.1, 0.15) is 28.6 Å². The third-order valence-corrected chi connectivity index (χ3v) is 5.70. The van der Waals surface area contributed by atoms with E-state index >= 15 is 0 Å². The zero-order chi connectivity index (χ0) is 22.2. The maximum Gasteiger partial charge on any atom is 0.127 e. The molecule has 2 aromatic heterocycles. The summed E-state index contributed by atoms with van der Waals surface area (Å²) in [5, 5.41) is 0.980. The SMILES string of the molecule is COc1ccc(-c2cc3ncc4nc(C)n(-c5ccc(OC)cc5)c4c3cc2OC)cc1. The van der Waals surface area contributed by atoms with Gasteiger partial charge in [-0.15, -0.1) is 0 Å². The molecule has 5 aromatic rings. The van der Waals surface area contributed by atoms with Crippen molar-refractivity contribution >= 4 is 21.9 Å². The van der Waals surface area contributed by atoms with Crippen LogP contribution in [-0.4, -0.2) is 35.9 Å². The molecule has 2 heterocycles. The van der Waals surface area contributed by atoms with Gasteiger partial charge in [-0.2, -0.15) is 0 Å². The molecule has 0 unspecified atom stereocenters. The summed E-state index contributed by atoms with van der Waals surface area (Å²) in [6, 6.07) is 20.0. The Balaban J connectivity index is 1.75. The van der Waals surface area contributed by atoms with Gasteiger partial charge in [0.15, 0.2) is 0 Å². The van der Waals surface area contributed by atoms with E-state index in [1.54, 1.807) is 21.3 Å². The molecule has 0 bridgehead atoms. The van der Waals surface area contributed by atoms with Gasteiger partial charge >= 0.3 is 0 Å². The first-order valence-electron chi connectivity index (χ1n) is 10.3. The van der Waals surface area contributed by atoms with Gasteiger partial charge in [-0.3, -0.25) is 9.55 Å². The van der Waals surface area contributed by atoms with Crippen molar-refractivity contribution in [3.8, 4) is 34.1 Å². The Morgan fingerprint density at radius 1 is 0.750 bits per heavy atom. The second-order valence-corrected chi connectivity index (χ2v) is 7.48. The lowest BCUT2D eigenvalue weighted by molar-refractivity contribution is 0.414. The number of fused-ring (bicyclic) bond motifs is 3. The molecule has 0 saturated heterocycles. The van der Waals surface area contributed by atoms with Crippen molar-refractivity contribution < 1.29 is 14.2 Å². The average molecular weight is 425 g/mol. The standard InChI is InChI=1S/C26H23N3O3/c1-16-28-24-15-27-23-13-21(17-5-9-19(30-2)10-6-17)25(32-4)14-22(23)26(24)29(16)18-7-11-20(31-3)12-8-18/h5-15H,1-4H3. The van der Waals surface area contributed by atoms with Gasteiger partial charge in [-0.1, -0.05) is 12.1 Å². The molecule has 5 rings (SSSR count). The van der Waals surface area contributed by atoms with Crippen LogP contribution in [0.4, 0.5) is 0 Å². The van der Waals surface area contributed by atoms with E-state index in [9.17, 15) is 0 Å². The number of benzene rings is 3. The number of ether oxygens (including phenoxy) is 3. The smallest absolute Gasteiger partial charge is 0.127 e. The van der Waals surface area contributed by atoms with Gasteiger partial charge in [0.05, 0.1) is 38.6 Å². The van der Waals surface area contributed by atoms with Gasteiger partial charge in [-0.05, 0) is 61.0 Å². The van der Waals surface area contributed by atoms with Crippen LogP contribution >= 0.6 is 0 Å². The number of nitrogens with zero attached hydrogens (tertiary/aromatic N) is 3. The molecule has 0 radical (unpaired) electrons. The predicted octanol–water partition coefficient (Wildman–Crippen LogP) is 5.57. The molecule has 0 saturated carbocycles. The minimum Gasteiger partial charge on any atom is -0.497 e. The van der Waals surface area contributed by atoms with Gasteiger partial charge in [0.25, 0.3) is 0 Å². The molecule has 0 spiro atoms. The highest BCUT2D eigenvalue weighted by Crippen LogP contribution is 2.37. The van der Waals surface area contributed by atoms with Crippen LogP contribution in [-0.2, 0) is 0 Å². The average Bonchev–Trinajstić information content (AvgIpc) is 3.19. The number of hydrogen-bond acceptors (Lipinski definition) is 5. The van der Waals surface area contributed by atoms with E-state index in [2.05, 4.69) is 10.6 Å². The number of pyridine rings is 1. The van der Waals surface area contributed by atoms with E-state index in [4.69, 9.17) is 24.2 Å². The molecule has 0 aliphatic carbocycles. The highest BCUT2D eigenvalue weighted by molar-refractivity contribution is 6.05. The summed E-state index contributed by atoms with van der Waals surface area (Å²) in [7, 11) is 5.02. The number of hydrogen-bond donors (Lipinski definition) is 0. The third kappa shape index (κ3) is 3.21. The van der Waals surface area contributed by atoms with Crippen molar-refractivity contribution in [3.63, 3.8) is 0 Å². The molecule has 0 amide bonds. The monoisotopic (exact) mass is 425 g/mol. The van der Waals surface area contributed by atoms with E-state index in [1.807, 2.05) is 67.7 Å². The van der Waals surface area contributed by atoms with E-state index in [0.717, 1.165) is 61.8 Å². The fraction of sp³-hybridized carbons (Fsp3) is 0.154. The minimum absolute atomic E-state index is 0.775. The first kappa shape index (κ1) is 19.9. The molecule has 6 nitrogen and oxygen atoms in total. The largest absolute Gasteiger partial charge is 0.497 e. The van der Waals surface area contributed by atoms with E-state index in [1.165, 1.54) is 0 Å². The maximum atomic E-state index is 5.79. The van der Waals surface area contributed by atoms with Crippen LogP contribution in [0.25, 0.3) is 38.8 Å². The molecule has 3 aromatic carbocycles. The summed E-state index contributed by atoms with van der Waals surface area (Å²) < 4.78 is 18.5. The summed E-state index contributed by atoms with van der Waals surface area (Å²) in [5.41, 5.74) is 5.73. The minimum atomic E-state index is 0.775. The normalized spacial score (nSPS) is 11.1. The zero-order valence-corrected chi connectivity index (χ0v) is 18.4. The second-order valence-electron chi connectivity index (χ2n) is 7.48. The van der Waals surface area contributed by atoms with Crippen molar-refractivity contribution in [1.82, 2.24) is 14.5 Å². The van der Waals surface area contributed by atoms with Crippen molar-refractivity contribution in [3.05, 3.63) is 72.7 Å². The molecule has 6 heteroatoms. The van der Waals surface area contributed by atoms with Crippen molar-refractivity contribution in [2.45, 2.75) is 6.92 Å². The molecule has 160 valence electrons. The quantitative estimate of drug-likeness (QED) is 0.368. The molecular weight excluding hydrogens is 402 g/mol. The van der Waals surface area contributed by atoms with Crippen molar-refractivity contribution in [1.29, 1.82) is 0 Å². The lowest BCUT2D eigenvalue weighted by Gasteiger charge is -2.13. The van der Waals surface area contributed by atoms with Gasteiger partial charge in [-0.25, -0.2) is 4.98 Å². The van der Waals surface area contributed by atoms with Crippen LogP contribution in [0.1, 0.15) is 5.82 Å². The van der Waals surface area contributed by atoms with E-state index in [-0.39, 0.29) is 0 Å². The predicted molar refractivity (Wildman–Crippen MR) is 126 cm³/mol. The Morgan fingerprint density at radius 3 is 2.03 bits per heavy atom. The summed E-state index contributed by atoms with van der Waals surface area (Å²) in [6.45, 7) is 2.00. The van der Waals surface area contributed by atoms with Gasteiger partial charge in [0, 0.05) is 16.6 Å². The Kier molecular flexibility index (Phi) is 4.90. The second kappa shape index (κ2) is 7.89.